The van der Waals surface area contributed by atoms with Crippen molar-refractivity contribution in [2.45, 2.75) is 32.2 Å². The molecule has 3 fully saturated rings. The van der Waals surface area contributed by atoms with Crippen LogP contribution in [0.3, 0.4) is 0 Å². The van der Waals surface area contributed by atoms with E-state index in [-0.39, 0.29) is 0 Å². The molecule has 154 valence electrons. The van der Waals surface area contributed by atoms with Gasteiger partial charge < -0.3 is 19.1 Å². The molecule has 2 saturated carbocycles. The van der Waals surface area contributed by atoms with Crippen LogP contribution < -0.4 is 14.2 Å². The molecule has 6 heteroatoms. The molecule has 1 aromatic carbocycles. The fourth-order valence-corrected chi connectivity index (χ4v) is 5.15. The topological polar surface area (TPSA) is 51.2 Å². The number of carbonyl (C=O) groups excluding carboxylic acids is 1. The molecule has 1 aromatic rings. The Hall–Kier alpha value is -1.95. The van der Waals surface area contributed by atoms with Crippen molar-refractivity contribution in [3.63, 3.8) is 0 Å². The highest BCUT2D eigenvalue weighted by Crippen LogP contribution is 2.56. The first kappa shape index (κ1) is 19.4. The van der Waals surface area contributed by atoms with Crippen molar-refractivity contribution >= 4 is 5.91 Å². The van der Waals surface area contributed by atoms with E-state index < -0.39 is 0 Å². The predicted molar refractivity (Wildman–Crippen MR) is 107 cm³/mol. The van der Waals surface area contributed by atoms with Gasteiger partial charge in [-0.15, -0.1) is 0 Å². The van der Waals surface area contributed by atoms with Crippen molar-refractivity contribution in [3.05, 3.63) is 17.7 Å². The lowest BCUT2D eigenvalue weighted by Gasteiger charge is -2.35. The van der Waals surface area contributed by atoms with E-state index in [0.717, 1.165) is 44.0 Å². The molecular formula is C22H32N2O4. The number of amides is 1. The molecule has 1 aliphatic heterocycles. The number of carbonyl (C=O) groups is 1. The van der Waals surface area contributed by atoms with Gasteiger partial charge in [0.2, 0.25) is 5.91 Å². The molecule has 0 N–H and O–H groups in total. The van der Waals surface area contributed by atoms with Gasteiger partial charge in [-0.3, -0.25) is 9.69 Å². The predicted octanol–water partition coefficient (Wildman–Crippen LogP) is 2.79. The van der Waals surface area contributed by atoms with E-state index in [1.54, 1.807) is 21.3 Å². The van der Waals surface area contributed by atoms with Crippen molar-refractivity contribution in [2.75, 3.05) is 47.5 Å². The Bertz CT molecular complexity index is 703. The average Bonchev–Trinajstić information content (AvgIpc) is 3.47. The normalized spacial score (nSPS) is 27.1. The Morgan fingerprint density at radius 3 is 2.04 bits per heavy atom. The Labute approximate surface area is 167 Å². The van der Waals surface area contributed by atoms with Crippen LogP contribution in [-0.4, -0.2) is 63.2 Å². The molecule has 0 aromatic heterocycles. The van der Waals surface area contributed by atoms with E-state index >= 15 is 0 Å². The fraction of sp³-hybridized carbons (Fsp3) is 0.682. The van der Waals surface area contributed by atoms with E-state index in [1.807, 2.05) is 12.1 Å². The van der Waals surface area contributed by atoms with Gasteiger partial charge in [0.05, 0.1) is 21.3 Å². The van der Waals surface area contributed by atoms with E-state index in [4.69, 9.17) is 14.2 Å². The quantitative estimate of drug-likeness (QED) is 0.750. The summed E-state index contributed by atoms with van der Waals surface area (Å²) >= 11 is 0. The minimum atomic E-state index is 0.333. The van der Waals surface area contributed by atoms with Gasteiger partial charge in [0.1, 0.15) is 5.75 Å². The van der Waals surface area contributed by atoms with Gasteiger partial charge in [0, 0.05) is 50.3 Å². The van der Waals surface area contributed by atoms with Crippen LogP contribution in [0.5, 0.6) is 17.2 Å². The van der Waals surface area contributed by atoms with Crippen LogP contribution in [0, 0.1) is 17.8 Å². The maximum Gasteiger partial charge on any atom is 0.226 e. The van der Waals surface area contributed by atoms with Crippen molar-refractivity contribution in [1.29, 1.82) is 0 Å². The molecule has 4 rings (SSSR count). The van der Waals surface area contributed by atoms with E-state index in [9.17, 15) is 4.79 Å². The van der Waals surface area contributed by atoms with Crippen LogP contribution in [0.4, 0.5) is 0 Å². The number of piperazine rings is 1. The standard InChI is InChI=1S/C22H32N2O4/c1-26-18-13-20(28-3)19(27-2)12-15(18)14-23-8-10-24(11-9-23)22(25)21-16-6-4-5-7-17(16)21/h12-13,16-17,21H,4-11,14H2,1-3H3/t16-,17+,21?. The summed E-state index contributed by atoms with van der Waals surface area (Å²) in [4.78, 5) is 17.4. The second-order valence-corrected chi connectivity index (χ2v) is 8.26. The second-order valence-electron chi connectivity index (χ2n) is 8.26. The number of methoxy groups -OCH3 is 3. The summed E-state index contributed by atoms with van der Waals surface area (Å²) in [5.74, 6) is 4.32. The summed E-state index contributed by atoms with van der Waals surface area (Å²) in [6, 6.07) is 3.87. The van der Waals surface area contributed by atoms with Gasteiger partial charge in [-0.05, 0) is 30.7 Å². The van der Waals surface area contributed by atoms with Crippen molar-refractivity contribution in [3.8, 4) is 17.2 Å². The first-order valence-corrected chi connectivity index (χ1v) is 10.5. The van der Waals surface area contributed by atoms with Gasteiger partial charge in [-0.25, -0.2) is 0 Å². The molecule has 6 nitrogen and oxygen atoms in total. The van der Waals surface area contributed by atoms with Gasteiger partial charge in [0.15, 0.2) is 11.5 Å². The third-order valence-electron chi connectivity index (χ3n) is 6.81. The van der Waals surface area contributed by atoms with Crippen molar-refractivity contribution in [2.24, 2.45) is 17.8 Å². The lowest BCUT2D eigenvalue weighted by Crippen LogP contribution is -2.49. The molecule has 1 amide bonds. The van der Waals surface area contributed by atoms with Gasteiger partial charge in [-0.1, -0.05) is 12.8 Å². The molecule has 0 radical (unpaired) electrons. The summed E-state index contributed by atoms with van der Waals surface area (Å²) in [6.45, 7) is 4.21. The molecule has 0 spiro atoms. The van der Waals surface area contributed by atoms with Gasteiger partial charge in [-0.2, -0.15) is 0 Å². The zero-order valence-corrected chi connectivity index (χ0v) is 17.3. The lowest BCUT2D eigenvalue weighted by molar-refractivity contribution is -0.135. The molecule has 1 saturated heterocycles. The van der Waals surface area contributed by atoms with Crippen LogP contribution in [0.15, 0.2) is 12.1 Å². The minimum Gasteiger partial charge on any atom is -0.496 e. The van der Waals surface area contributed by atoms with Crippen LogP contribution >= 0.6 is 0 Å². The highest BCUT2D eigenvalue weighted by molar-refractivity contribution is 5.82. The first-order valence-electron chi connectivity index (χ1n) is 10.5. The number of nitrogens with zero attached hydrogens (tertiary/aromatic N) is 2. The number of hydrogen-bond donors (Lipinski definition) is 0. The van der Waals surface area contributed by atoms with Crippen LogP contribution in [0.2, 0.25) is 0 Å². The van der Waals surface area contributed by atoms with E-state index in [1.165, 1.54) is 25.7 Å². The average molecular weight is 389 g/mol. The maximum absolute atomic E-state index is 12.9. The number of rotatable bonds is 6. The molecule has 2 aliphatic carbocycles. The number of hydrogen-bond acceptors (Lipinski definition) is 5. The number of fused-ring (bicyclic) bond motifs is 1. The van der Waals surface area contributed by atoms with Crippen LogP contribution in [-0.2, 0) is 11.3 Å². The summed E-state index contributed by atoms with van der Waals surface area (Å²) in [5.41, 5.74) is 1.08. The molecule has 3 atom stereocenters. The van der Waals surface area contributed by atoms with E-state index in [0.29, 0.717) is 35.2 Å². The smallest absolute Gasteiger partial charge is 0.226 e. The summed E-state index contributed by atoms with van der Waals surface area (Å²) in [6.07, 6.45) is 5.15. The van der Waals surface area contributed by atoms with Crippen molar-refractivity contribution in [1.82, 2.24) is 9.80 Å². The molecular weight excluding hydrogens is 356 g/mol. The first-order chi connectivity index (χ1) is 13.7. The third-order valence-corrected chi connectivity index (χ3v) is 6.81. The third kappa shape index (κ3) is 3.66. The Kier molecular flexibility index (Phi) is 5.67. The summed E-state index contributed by atoms with van der Waals surface area (Å²) < 4.78 is 16.4. The molecule has 0 bridgehead atoms. The Morgan fingerprint density at radius 2 is 1.46 bits per heavy atom. The van der Waals surface area contributed by atoms with Gasteiger partial charge >= 0.3 is 0 Å². The molecule has 1 heterocycles. The maximum atomic E-state index is 12.9. The summed E-state index contributed by atoms with van der Waals surface area (Å²) in [5, 5.41) is 0. The molecule has 28 heavy (non-hydrogen) atoms. The van der Waals surface area contributed by atoms with Gasteiger partial charge in [0.25, 0.3) is 0 Å². The summed E-state index contributed by atoms with van der Waals surface area (Å²) in [7, 11) is 4.95. The van der Waals surface area contributed by atoms with Crippen molar-refractivity contribution < 1.29 is 19.0 Å². The largest absolute Gasteiger partial charge is 0.496 e. The SMILES string of the molecule is COc1cc(OC)c(OC)cc1CN1CCN(C(=O)C2[C@H]3CCCC[C@@H]23)CC1. The molecule has 1 unspecified atom stereocenters. The zero-order valence-electron chi connectivity index (χ0n) is 17.3. The molecule has 3 aliphatic rings. The Morgan fingerprint density at radius 1 is 0.893 bits per heavy atom. The minimum absolute atomic E-state index is 0.333. The van der Waals surface area contributed by atoms with Crippen LogP contribution in [0.1, 0.15) is 31.2 Å². The Balaban J connectivity index is 1.35. The number of ether oxygens (including phenoxy) is 3. The lowest BCUT2D eigenvalue weighted by atomic mass is 10.0. The zero-order chi connectivity index (χ0) is 19.7. The highest BCUT2D eigenvalue weighted by Gasteiger charge is 2.55. The fourth-order valence-electron chi connectivity index (χ4n) is 5.15. The second kappa shape index (κ2) is 8.19. The van der Waals surface area contributed by atoms with E-state index in [2.05, 4.69) is 9.80 Å². The van der Waals surface area contributed by atoms with Crippen LogP contribution in [0.25, 0.3) is 0 Å². The highest BCUT2D eigenvalue weighted by atomic mass is 16.5. The monoisotopic (exact) mass is 388 g/mol. The number of benzene rings is 1.